The van der Waals surface area contributed by atoms with E-state index in [0.717, 1.165) is 7.11 Å². The van der Waals surface area contributed by atoms with Crippen LogP contribution < -0.4 is 0 Å². The van der Waals surface area contributed by atoms with Crippen molar-refractivity contribution in [1.29, 1.82) is 0 Å². The molecule has 0 unspecified atom stereocenters. The molecule has 0 aliphatic heterocycles. The van der Waals surface area contributed by atoms with E-state index in [-0.39, 0.29) is 5.75 Å². The Hall–Kier alpha value is -0.460. The first kappa shape index (κ1) is 8.63. The van der Waals surface area contributed by atoms with Crippen molar-refractivity contribution in [2.45, 2.75) is 5.75 Å². The zero-order valence-corrected chi connectivity index (χ0v) is 7.48. The molecule has 0 aliphatic carbocycles. The Bertz CT molecular complexity index is 302. The quantitative estimate of drug-likeness (QED) is 0.660. The highest BCUT2D eigenvalue weighted by atomic mass is 32.2. The molecule has 0 bridgehead atoms. The minimum atomic E-state index is -3.40. The molecule has 0 fully saturated rings. The monoisotopic (exact) mass is 193 g/mol. The molecule has 6 heteroatoms. The summed E-state index contributed by atoms with van der Waals surface area (Å²) in [7, 11) is -2.26. The summed E-state index contributed by atoms with van der Waals surface area (Å²) in [5.41, 5.74) is 2.11. The van der Waals surface area contributed by atoms with Crippen molar-refractivity contribution in [2.75, 3.05) is 7.11 Å². The van der Waals surface area contributed by atoms with Crippen LogP contribution in [-0.4, -0.2) is 20.5 Å². The van der Waals surface area contributed by atoms with Gasteiger partial charge in [0.25, 0.3) is 10.1 Å². The van der Waals surface area contributed by atoms with Crippen LogP contribution in [0.5, 0.6) is 0 Å². The molecule has 62 valence electrons. The summed E-state index contributed by atoms with van der Waals surface area (Å²) in [4.78, 5) is 3.81. The van der Waals surface area contributed by atoms with Crippen molar-refractivity contribution in [3.63, 3.8) is 0 Å². The lowest BCUT2D eigenvalue weighted by molar-refractivity contribution is 0.396. The average molecular weight is 193 g/mol. The Morgan fingerprint density at radius 2 is 2.45 bits per heavy atom. The minimum Gasteiger partial charge on any atom is -0.273 e. The van der Waals surface area contributed by atoms with Gasteiger partial charge in [-0.3, -0.25) is 4.18 Å². The molecule has 0 aromatic carbocycles. The second kappa shape index (κ2) is 3.29. The number of thiazole rings is 1. The summed E-state index contributed by atoms with van der Waals surface area (Å²) < 4.78 is 25.9. The summed E-state index contributed by atoms with van der Waals surface area (Å²) in [6.45, 7) is 0. The molecule has 0 saturated heterocycles. The molecule has 1 rings (SSSR count). The van der Waals surface area contributed by atoms with Crippen LogP contribution in [0, 0.1) is 0 Å². The van der Waals surface area contributed by atoms with Crippen molar-refractivity contribution in [3.8, 4) is 0 Å². The van der Waals surface area contributed by atoms with Gasteiger partial charge >= 0.3 is 0 Å². The Morgan fingerprint density at radius 3 is 2.91 bits per heavy atom. The number of rotatable bonds is 3. The molecule has 4 nitrogen and oxygen atoms in total. The van der Waals surface area contributed by atoms with E-state index in [2.05, 4.69) is 9.17 Å². The smallest absolute Gasteiger partial charge is 0.272 e. The molecular weight excluding hydrogens is 186 g/mol. The van der Waals surface area contributed by atoms with E-state index < -0.39 is 10.1 Å². The Morgan fingerprint density at radius 1 is 1.73 bits per heavy atom. The second-order valence-corrected chi connectivity index (χ2v) is 4.30. The zero-order valence-electron chi connectivity index (χ0n) is 5.85. The first-order chi connectivity index (χ1) is 5.14. The van der Waals surface area contributed by atoms with Crippen LogP contribution in [0.3, 0.4) is 0 Å². The fraction of sp³-hybridized carbons (Fsp3) is 0.400. The van der Waals surface area contributed by atoms with Crippen LogP contribution in [0.4, 0.5) is 0 Å². The second-order valence-electron chi connectivity index (χ2n) is 1.85. The topological polar surface area (TPSA) is 56.3 Å². The van der Waals surface area contributed by atoms with Crippen LogP contribution in [-0.2, 0) is 20.1 Å². The highest BCUT2D eigenvalue weighted by molar-refractivity contribution is 7.85. The van der Waals surface area contributed by atoms with Gasteiger partial charge in [-0.25, -0.2) is 4.98 Å². The van der Waals surface area contributed by atoms with E-state index in [4.69, 9.17) is 0 Å². The number of aromatic nitrogens is 1. The molecule has 1 aromatic heterocycles. The molecule has 0 amide bonds. The largest absolute Gasteiger partial charge is 0.273 e. The van der Waals surface area contributed by atoms with E-state index in [1.54, 1.807) is 10.9 Å². The molecule has 0 spiro atoms. The summed E-state index contributed by atoms with van der Waals surface area (Å²) in [5.74, 6) is -0.146. The van der Waals surface area contributed by atoms with Crippen LogP contribution in [0.25, 0.3) is 0 Å². The molecule has 0 saturated carbocycles. The summed E-state index contributed by atoms with van der Waals surface area (Å²) in [5, 5.41) is 1.68. The van der Waals surface area contributed by atoms with Crippen molar-refractivity contribution in [1.82, 2.24) is 4.98 Å². The SMILES string of the molecule is COS(=O)(=O)Cc1cscn1. The first-order valence-electron chi connectivity index (χ1n) is 2.79. The van der Waals surface area contributed by atoms with E-state index in [0.29, 0.717) is 5.69 Å². The number of hydrogen-bond donors (Lipinski definition) is 0. The molecule has 0 aliphatic rings. The van der Waals surface area contributed by atoms with Crippen molar-refractivity contribution >= 4 is 21.5 Å². The third-order valence-corrected chi connectivity index (χ3v) is 2.85. The summed E-state index contributed by atoms with van der Waals surface area (Å²) in [6, 6.07) is 0. The molecule has 11 heavy (non-hydrogen) atoms. The van der Waals surface area contributed by atoms with Crippen LogP contribution in [0.2, 0.25) is 0 Å². The lowest BCUT2D eigenvalue weighted by atomic mass is 10.6. The minimum absolute atomic E-state index is 0.146. The Labute approximate surface area is 69.0 Å². The van der Waals surface area contributed by atoms with Crippen molar-refractivity contribution in [2.24, 2.45) is 0 Å². The molecule has 1 aromatic rings. The van der Waals surface area contributed by atoms with Gasteiger partial charge < -0.3 is 0 Å². The first-order valence-corrected chi connectivity index (χ1v) is 5.31. The van der Waals surface area contributed by atoms with E-state index >= 15 is 0 Å². The van der Waals surface area contributed by atoms with Gasteiger partial charge in [0.2, 0.25) is 0 Å². The lowest BCUT2D eigenvalue weighted by Gasteiger charge is -1.95. The fourth-order valence-corrected chi connectivity index (χ4v) is 1.85. The maximum Gasteiger partial charge on any atom is 0.272 e. The summed E-state index contributed by atoms with van der Waals surface area (Å²) >= 11 is 1.36. The van der Waals surface area contributed by atoms with Gasteiger partial charge in [0.05, 0.1) is 18.3 Å². The molecule has 0 N–H and O–H groups in total. The van der Waals surface area contributed by atoms with Crippen molar-refractivity contribution in [3.05, 3.63) is 16.6 Å². The highest BCUT2D eigenvalue weighted by Crippen LogP contribution is 2.06. The number of nitrogens with zero attached hydrogens (tertiary/aromatic N) is 1. The third kappa shape index (κ3) is 2.57. The zero-order chi connectivity index (χ0) is 8.32. The normalized spacial score (nSPS) is 11.7. The van der Waals surface area contributed by atoms with E-state index in [1.165, 1.54) is 11.3 Å². The van der Waals surface area contributed by atoms with Gasteiger partial charge in [0.1, 0.15) is 5.75 Å². The third-order valence-electron chi connectivity index (χ3n) is 1.06. The standard InChI is InChI=1S/C5H7NO3S2/c1-9-11(7,8)3-5-2-10-4-6-5/h2,4H,3H2,1H3. The molecule has 0 atom stereocenters. The van der Waals surface area contributed by atoms with Crippen molar-refractivity contribution < 1.29 is 12.6 Å². The van der Waals surface area contributed by atoms with Gasteiger partial charge in [0, 0.05) is 5.38 Å². The van der Waals surface area contributed by atoms with Gasteiger partial charge in [-0.2, -0.15) is 8.42 Å². The lowest BCUT2D eigenvalue weighted by Crippen LogP contribution is -2.05. The Kier molecular flexibility index (Phi) is 2.58. The molecule has 0 radical (unpaired) electrons. The van der Waals surface area contributed by atoms with Crippen LogP contribution in [0.1, 0.15) is 5.69 Å². The predicted octanol–water partition coefficient (Wildman–Crippen LogP) is 0.619. The van der Waals surface area contributed by atoms with Crippen LogP contribution in [0.15, 0.2) is 10.9 Å². The predicted molar refractivity (Wildman–Crippen MR) is 41.7 cm³/mol. The fourth-order valence-electron chi connectivity index (χ4n) is 0.549. The van der Waals surface area contributed by atoms with Gasteiger partial charge in [-0.05, 0) is 0 Å². The molecule has 1 heterocycles. The van der Waals surface area contributed by atoms with Gasteiger partial charge in [-0.15, -0.1) is 11.3 Å². The molecular formula is C5H7NO3S2. The van der Waals surface area contributed by atoms with Gasteiger partial charge in [-0.1, -0.05) is 0 Å². The summed E-state index contributed by atoms with van der Waals surface area (Å²) in [6.07, 6.45) is 0. The number of hydrogen-bond acceptors (Lipinski definition) is 5. The van der Waals surface area contributed by atoms with Gasteiger partial charge in [0.15, 0.2) is 0 Å². The Balaban J connectivity index is 2.72. The van der Waals surface area contributed by atoms with E-state index in [1.807, 2.05) is 0 Å². The highest BCUT2D eigenvalue weighted by Gasteiger charge is 2.10. The maximum atomic E-state index is 10.8. The maximum absolute atomic E-state index is 10.8. The van der Waals surface area contributed by atoms with Crippen LogP contribution >= 0.6 is 11.3 Å². The average Bonchev–Trinajstić information content (AvgIpc) is 2.39. The van der Waals surface area contributed by atoms with E-state index in [9.17, 15) is 8.42 Å².